The Hall–Kier alpha value is -1.09. The van der Waals surface area contributed by atoms with Crippen LogP contribution in [0, 0.1) is 0 Å². The van der Waals surface area contributed by atoms with Crippen LogP contribution in [0.15, 0.2) is 18.7 Å². The van der Waals surface area contributed by atoms with E-state index in [1.54, 1.807) is 0 Å². The van der Waals surface area contributed by atoms with Gasteiger partial charge in [0, 0.05) is 0 Å². The summed E-state index contributed by atoms with van der Waals surface area (Å²) in [6.45, 7) is 3.18. The monoisotopic (exact) mass is 274 g/mol. The van der Waals surface area contributed by atoms with E-state index >= 15 is 0 Å². The van der Waals surface area contributed by atoms with Gasteiger partial charge >= 0.3 is 6.18 Å². The summed E-state index contributed by atoms with van der Waals surface area (Å²) in [6.07, 6.45) is 1.23. The Morgan fingerprint density at radius 1 is 1.41 bits per heavy atom. The zero-order chi connectivity index (χ0) is 13.7. The molecule has 1 heterocycles. The van der Waals surface area contributed by atoms with Gasteiger partial charge in [-0.05, 0) is 6.92 Å². The van der Waals surface area contributed by atoms with Gasteiger partial charge in [-0.2, -0.15) is 13.2 Å². The van der Waals surface area contributed by atoms with Crippen LogP contribution in [0.1, 0.15) is 6.92 Å². The van der Waals surface area contributed by atoms with Crippen LogP contribution < -0.4 is 4.57 Å². The summed E-state index contributed by atoms with van der Waals surface area (Å²) in [4.78, 5) is 0. The molecule has 0 saturated carbocycles. The van der Waals surface area contributed by atoms with E-state index in [9.17, 15) is 26.1 Å². The van der Waals surface area contributed by atoms with Gasteiger partial charge in [-0.1, -0.05) is 0 Å². The second kappa shape index (κ2) is 6.01. The van der Waals surface area contributed by atoms with Crippen LogP contribution in [0.5, 0.6) is 0 Å². The molecule has 0 spiro atoms. The lowest BCUT2D eigenvalue weighted by atomic mass is 10.7. The fourth-order valence-corrected chi connectivity index (χ4v) is 1.29. The maximum absolute atomic E-state index is 11.0. The molecule has 0 atom stereocenters. The summed E-state index contributed by atoms with van der Waals surface area (Å²) in [5, 5.41) is 0. The molecule has 0 saturated heterocycles. The molecular formula is C8H13F3N2O3S. The first-order chi connectivity index (χ1) is 7.53. The summed E-state index contributed by atoms with van der Waals surface area (Å²) in [7, 11) is -3.14. The van der Waals surface area contributed by atoms with Crippen LogP contribution in [0.4, 0.5) is 13.2 Å². The Morgan fingerprint density at radius 2 is 1.94 bits per heavy atom. The Bertz CT molecular complexity index is 439. The topological polar surface area (TPSA) is 66.0 Å². The van der Waals surface area contributed by atoms with E-state index in [1.807, 2.05) is 17.8 Å². The Kier molecular flexibility index (Phi) is 5.62. The number of hydrogen-bond donors (Lipinski definition) is 0. The van der Waals surface area contributed by atoms with Crippen molar-refractivity contribution in [1.82, 2.24) is 4.57 Å². The van der Waals surface area contributed by atoms with Crippen LogP contribution >= 0.6 is 0 Å². The third-order valence-corrected chi connectivity index (χ3v) is 2.21. The fourth-order valence-electron chi connectivity index (χ4n) is 0.889. The standard InChI is InChI=1S/C6H11N2.C2H3F3O3S/c1-3-8-5-4-7(2)6-8;3-2(4,5)1-9(6,7)8/h4-6H,3H2,1-2H3;1H2,(H,6,7,8)/q+1;/p-1. The number of rotatable bonds is 2. The molecule has 0 aromatic carbocycles. The molecule has 0 aliphatic rings. The second-order valence-corrected chi connectivity index (χ2v) is 4.63. The van der Waals surface area contributed by atoms with Gasteiger partial charge in [0.05, 0.1) is 13.6 Å². The Morgan fingerprint density at radius 3 is 2.06 bits per heavy atom. The van der Waals surface area contributed by atoms with Crippen molar-refractivity contribution in [1.29, 1.82) is 0 Å². The maximum Gasteiger partial charge on any atom is 0.401 e. The van der Waals surface area contributed by atoms with E-state index in [0.29, 0.717) is 0 Å². The normalized spacial score (nSPS) is 11.9. The van der Waals surface area contributed by atoms with E-state index in [0.717, 1.165) is 6.54 Å². The van der Waals surface area contributed by atoms with Gasteiger partial charge in [-0.15, -0.1) is 0 Å². The van der Waals surface area contributed by atoms with Gasteiger partial charge in [-0.25, -0.2) is 17.6 Å². The summed E-state index contributed by atoms with van der Waals surface area (Å²) in [5.74, 6) is -2.29. The maximum atomic E-state index is 11.0. The number of imidazole rings is 1. The molecule has 0 amide bonds. The van der Waals surface area contributed by atoms with E-state index in [4.69, 9.17) is 0 Å². The van der Waals surface area contributed by atoms with E-state index in [-0.39, 0.29) is 0 Å². The van der Waals surface area contributed by atoms with Gasteiger partial charge in [-0.3, -0.25) is 0 Å². The lowest BCUT2D eigenvalue weighted by Gasteiger charge is -2.08. The number of halogens is 3. The second-order valence-electron chi connectivity index (χ2n) is 3.23. The van der Waals surface area contributed by atoms with Crippen molar-refractivity contribution in [2.75, 3.05) is 5.75 Å². The highest BCUT2D eigenvalue weighted by atomic mass is 32.2. The van der Waals surface area contributed by atoms with Gasteiger partial charge in [0.15, 0.2) is 0 Å². The quantitative estimate of drug-likeness (QED) is 0.580. The Balaban J connectivity index is 0.000000302. The Labute approximate surface area is 97.2 Å². The van der Waals surface area contributed by atoms with Crippen LogP contribution in [-0.4, -0.2) is 29.5 Å². The zero-order valence-corrected chi connectivity index (χ0v) is 10.1. The predicted molar refractivity (Wildman–Crippen MR) is 51.9 cm³/mol. The van der Waals surface area contributed by atoms with Gasteiger partial charge in [0.25, 0.3) is 0 Å². The van der Waals surface area contributed by atoms with Crippen molar-refractivity contribution < 1.29 is 30.7 Å². The van der Waals surface area contributed by atoms with Crippen LogP contribution in [0.25, 0.3) is 0 Å². The molecule has 0 radical (unpaired) electrons. The molecule has 0 aliphatic heterocycles. The predicted octanol–water partition coefficient (Wildman–Crippen LogP) is 0.426. The van der Waals surface area contributed by atoms with Crippen molar-refractivity contribution in [2.45, 2.75) is 19.6 Å². The number of aromatic nitrogens is 2. The minimum absolute atomic E-state index is 1.06. The molecule has 1 aromatic heterocycles. The van der Waals surface area contributed by atoms with E-state index in [2.05, 4.69) is 24.0 Å². The molecule has 1 aromatic rings. The SMILES string of the molecule is CCn1cc[n+](C)c1.O=S(=O)([O-])CC(F)(F)F. The lowest BCUT2D eigenvalue weighted by molar-refractivity contribution is -0.671. The summed E-state index contributed by atoms with van der Waals surface area (Å²) < 4.78 is 65.2. The highest BCUT2D eigenvalue weighted by molar-refractivity contribution is 7.85. The lowest BCUT2D eigenvalue weighted by Crippen LogP contribution is -2.23. The van der Waals surface area contributed by atoms with Gasteiger partial charge in [0.1, 0.15) is 28.3 Å². The number of nitrogens with zero attached hydrogens (tertiary/aromatic N) is 2. The zero-order valence-electron chi connectivity index (χ0n) is 9.31. The third kappa shape index (κ3) is 9.82. The molecule has 0 unspecified atom stereocenters. The molecule has 9 heteroatoms. The van der Waals surface area contributed by atoms with Crippen molar-refractivity contribution in [3.05, 3.63) is 18.7 Å². The molecule has 0 aliphatic carbocycles. The first kappa shape index (κ1) is 15.9. The van der Waals surface area contributed by atoms with Gasteiger partial charge in [0.2, 0.25) is 6.33 Å². The van der Waals surface area contributed by atoms with E-state index in [1.165, 1.54) is 0 Å². The summed E-state index contributed by atoms with van der Waals surface area (Å²) >= 11 is 0. The highest BCUT2D eigenvalue weighted by Crippen LogP contribution is 2.15. The number of hydrogen-bond acceptors (Lipinski definition) is 3. The fraction of sp³-hybridized carbons (Fsp3) is 0.625. The minimum atomic E-state index is -5.16. The molecule has 17 heavy (non-hydrogen) atoms. The molecule has 0 fully saturated rings. The molecule has 0 N–H and O–H groups in total. The highest BCUT2D eigenvalue weighted by Gasteiger charge is 2.30. The van der Waals surface area contributed by atoms with Crippen molar-refractivity contribution in [2.24, 2.45) is 7.05 Å². The van der Waals surface area contributed by atoms with Crippen LogP contribution in [0.2, 0.25) is 0 Å². The third-order valence-electron chi connectivity index (χ3n) is 1.53. The van der Waals surface area contributed by atoms with E-state index < -0.39 is 22.0 Å². The van der Waals surface area contributed by atoms with Crippen molar-refractivity contribution in [3.63, 3.8) is 0 Å². The molecular weight excluding hydrogens is 261 g/mol. The number of alkyl halides is 3. The minimum Gasteiger partial charge on any atom is -0.748 e. The summed E-state index contributed by atoms with van der Waals surface area (Å²) in [6, 6.07) is 0. The largest absolute Gasteiger partial charge is 0.748 e. The van der Waals surface area contributed by atoms with Crippen LogP contribution in [-0.2, 0) is 23.7 Å². The molecule has 0 bridgehead atoms. The number of aryl methyl sites for hydroxylation is 2. The van der Waals surface area contributed by atoms with Crippen LogP contribution in [0.3, 0.4) is 0 Å². The molecule has 1 rings (SSSR count). The first-order valence-corrected chi connectivity index (χ1v) is 6.12. The average molecular weight is 274 g/mol. The molecule has 100 valence electrons. The average Bonchev–Trinajstić information content (AvgIpc) is 2.45. The smallest absolute Gasteiger partial charge is 0.401 e. The first-order valence-electron chi connectivity index (χ1n) is 4.55. The van der Waals surface area contributed by atoms with Crippen molar-refractivity contribution in [3.8, 4) is 0 Å². The summed E-state index contributed by atoms with van der Waals surface area (Å²) in [5.41, 5.74) is 0. The van der Waals surface area contributed by atoms with Crippen molar-refractivity contribution >= 4 is 10.1 Å². The van der Waals surface area contributed by atoms with Gasteiger partial charge < -0.3 is 4.55 Å². The molecule has 5 nitrogen and oxygen atoms in total.